The van der Waals surface area contributed by atoms with E-state index in [2.05, 4.69) is 15.6 Å². The number of hydrogen-bond acceptors (Lipinski definition) is 2. The molecule has 1 rings (SSSR count). The minimum absolute atomic E-state index is 0. The molecule has 0 amide bonds. The first-order valence-electron chi connectivity index (χ1n) is 6.61. The zero-order valence-corrected chi connectivity index (χ0v) is 14.6. The van der Waals surface area contributed by atoms with Crippen molar-refractivity contribution in [1.82, 2.24) is 10.6 Å². The molecule has 7 heteroatoms. The van der Waals surface area contributed by atoms with E-state index in [-0.39, 0.29) is 24.0 Å². The first-order chi connectivity index (χ1) is 9.65. The van der Waals surface area contributed by atoms with Crippen molar-refractivity contribution < 1.29 is 13.5 Å². The molecule has 2 N–H and O–H groups in total. The zero-order chi connectivity index (χ0) is 14.8. The highest BCUT2D eigenvalue weighted by atomic mass is 127. The molecule has 0 aromatic heterocycles. The molecule has 0 bridgehead atoms. The number of methoxy groups -OCH3 is 1. The summed E-state index contributed by atoms with van der Waals surface area (Å²) in [4.78, 5) is 4.29. The molecule has 0 saturated heterocycles. The molecule has 0 unspecified atom stereocenters. The fourth-order valence-corrected chi connectivity index (χ4v) is 1.67. The second-order valence-electron chi connectivity index (χ2n) is 4.21. The molecule has 0 aliphatic carbocycles. The van der Waals surface area contributed by atoms with Crippen LogP contribution >= 0.6 is 24.0 Å². The van der Waals surface area contributed by atoms with Crippen LogP contribution in [0.25, 0.3) is 0 Å². The lowest BCUT2D eigenvalue weighted by Gasteiger charge is -2.11. The van der Waals surface area contributed by atoms with Crippen molar-refractivity contribution in [2.45, 2.75) is 13.3 Å². The summed E-state index contributed by atoms with van der Waals surface area (Å²) in [6, 6.07) is 3.53. The van der Waals surface area contributed by atoms with Crippen molar-refractivity contribution >= 4 is 29.9 Å². The van der Waals surface area contributed by atoms with E-state index in [4.69, 9.17) is 4.74 Å². The van der Waals surface area contributed by atoms with Crippen molar-refractivity contribution in [1.29, 1.82) is 0 Å². The minimum Gasteiger partial charge on any atom is -0.383 e. The first kappa shape index (κ1) is 20.0. The van der Waals surface area contributed by atoms with Crippen LogP contribution in [0.5, 0.6) is 0 Å². The number of nitrogens with one attached hydrogen (secondary N) is 2. The lowest BCUT2D eigenvalue weighted by molar-refractivity contribution is 0.208. The van der Waals surface area contributed by atoms with Gasteiger partial charge in [0.25, 0.3) is 0 Å². The molecule has 4 nitrogen and oxygen atoms in total. The third-order valence-corrected chi connectivity index (χ3v) is 2.54. The van der Waals surface area contributed by atoms with Gasteiger partial charge in [-0.2, -0.15) is 0 Å². The first-order valence-corrected chi connectivity index (χ1v) is 6.61. The van der Waals surface area contributed by atoms with E-state index in [1.807, 2.05) is 6.92 Å². The van der Waals surface area contributed by atoms with E-state index in [1.165, 1.54) is 12.1 Å². The number of ether oxygens (including phenoxy) is 1. The number of hydrogen-bond donors (Lipinski definition) is 2. The van der Waals surface area contributed by atoms with Crippen molar-refractivity contribution in [2.24, 2.45) is 4.99 Å². The Morgan fingerprint density at radius 1 is 1.19 bits per heavy atom. The maximum absolute atomic E-state index is 13.0. The average Bonchev–Trinajstić information content (AvgIpc) is 2.38. The summed E-state index contributed by atoms with van der Waals surface area (Å²) in [7, 11) is 1.62. The van der Waals surface area contributed by atoms with Crippen LogP contribution in [0.1, 0.15) is 12.5 Å². The number of benzene rings is 1. The van der Waals surface area contributed by atoms with Gasteiger partial charge in [0.05, 0.1) is 13.2 Å². The molecule has 0 saturated carbocycles. The zero-order valence-electron chi connectivity index (χ0n) is 12.3. The molecular formula is C14H22F2IN3O. The van der Waals surface area contributed by atoms with Crippen LogP contribution < -0.4 is 10.6 Å². The molecule has 1 aromatic carbocycles. The summed E-state index contributed by atoms with van der Waals surface area (Å²) < 4.78 is 31.0. The Labute approximate surface area is 141 Å². The molecule has 0 atom stereocenters. The normalized spacial score (nSPS) is 11.0. The Hall–Kier alpha value is -0.960. The molecule has 1 aromatic rings. The Morgan fingerprint density at radius 2 is 1.86 bits per heavy atom. The van der Waals surface area contributed by atoms with Crippen LogP contribution in [0.4, 0.5) is 8.78 Å². The SMILES string of the molecule is CCNC(=NCCOC)NCCc1cc(F)cc(F)c1.I. The van der Waals surface area contributed by atoms with Gasteiger partial charge < -0.3 is 15.4 Å². The predicted molar refractivity (Wildman–Crippen MR) is 91.3 cm³/mol. The maximum Gasteiger partial charge on any atom is 0.191 e. The van der Waals surface area contributed by atoms with Crippen LogP contribution in [0.3, 0.4) is 0 Å². The van der Waals surface area contributed by atoms with E-state index >= 15 is 0 Å². The quantitative estimate of drug-likeness (QED) is 0.312. The van der Waals surface area contributed by atoms with Gasteiger partial charge >= 0.3 is 0 Å². The highest BCUT2D eigenvalue weighted by Crippen LogP contribution is 2.07. The molecule has 0 heterocycles. The van der Waals surface area contributed by atoms with Crippen LogP contribution in [-0.2, 0) is 11.2 Å². The van der Waals surface area contributed by atoms with Gasteiger partial charge in [-0.3, -0.25) is 4.99 Å². The van der Waals surface area contributed by atoms with E-state index in [1.54, 1.807) is 7.11 Å². The van der Waals surface area contributed by atoms with Gasteiger partial charge in [-0.05, 0) is 31.0 Å². The van der Waals surface area contributed by atoms with E-state index in [0.717, 1.165) is 12.6 Å². The molecule has 0 aliphatic heterocycles. The van der Waals surface area contributed by atoms with Crippen LogP contribution in [0.2, 0.25) is 0 Å². The van der Waals surface area contributed by atoms with Gasteiger partial charge in [0.1, 0.15) is 11.6 Å². The van der Waals surface area contributed by atoms with E-state index < -0.39 is 11.6 Å². The second-order valence-corrected chi connectivity index (χ2v) is 4.21. The van der Waals surface area contributed by atoms with Crippen LogP contribution in [0.15, 0.2) is 23.2 Å². The summed E-state index contributed by atoms with van der Waals surface area (Å²) in [5.41, 5.74) is 0.614. The molecule has 0 fully saturated rings. The molecule has 0 radical (unpaired) electrons. The van der Waals surface area contributed by atoms with Gasteiger partial charge in [-0.15, -0.1) is 24.0 Å². The minimum atomic E-state index is -0.555. The van der Waals surface area contributed by atoms with Crippen molar-refractivity contribution in [3.05, 3.63) is 35.4 Å². The van der Waals surface area contributed by atoms with Crippen LogP contribution in [0, 0.1) is 11.6 Å². The predicted octanol–water partition coefficient (Wildman–Crippen LogP) is 2.33. The van der Waals surface area contributed by atoms with Crippen molar-refractivity contribution in [3.63, 3.8) is 0 Å². The summed E-state index contributed by atoms with van der Waals surface area (Å²) in [6.45, 7) is 4.36. The van der Waals surface area contributed by atoms with Gasteiger partial charge in [0.15, 0.2) is 5.96 Å². The Kier molecular flexibility index (Phi) is 11.1. The average molecular weight is 413 g/mol. The number of rotatable bonds is 7. The molecule has 120 valence electrons. The summed E-state index contributed by atoms with van der Waals surface area (Å²) >= 11 is 0. The van der Waals surface area contributed by atoms with Gasteiger partial charge in [0, 0.05) is 26.3 Å². The highest BCUT2D eigenvalue weighted by molar-refractivity contribution is 14.0. The van der Waals surface area contributed by atoms with Gasteiger partial charge in [0.2, 0.25) is 0 Å². The molecular weight excluding hydrogens is 391 g/mol. The van der Waals surface area contributed by atoms with Gasteiger partial charge in [-0.25, -0.2) is 8.78 Å². The number of halogens is 3. The number of nitrogens with zero attached hydrogens (tertiary/aromatic N) is 1. The molecule has 0 spiro atoms. The lowest BCUT2D eigenvalue weighted by Crippen LogP contribution is -2.38. The summed E-state index contributed by atoms with van der Waals surface area (Å²) in [5, 5.41) is 6.19. The largest absolute Gasteiger partial charge is 0.383 e. The van der Waals surface area contributed by atoms with Crippen LogP contribution in [-0.4, -0.2) is 39.3 Å². The Balaban J connectivity index is 0.00000400. The summed E-state index contributed by atoms with van der Waals surface area (Å²) in [5.74, 6) is -0.442. The van der Waals surface area contributed by atoms with Gasteiger partial charge in [-0.1, -0.05) is 0 Å². The number of aliphatic imine (C=N–C) groups is 1. The monoisotopic (exact) mass is 413 g/mol. The second kappa shape index (κ2) is 11.7. The molecule has 0 aliphatic rings. The Morgan fingerprint density at radius 3 is 2.43 bits per heavy atom. The van der Waals surface area contributed by atoms with Crippen molar-refractivity contribution in [2.75, 3.05) is 33.4 Å². The maximum atomic E-state index is 13.0. The number of guanidine groups is 1. The lowest BCUT2D eigenvalue weighted by atomic mass is 10.1. The fourth-order valence-electron chi connectivity index (χ4n) is 1.67. The van der Waals surface area contributed by atoms with E-state index in [9.17, 15) is 8.78 Å². The topological polar surface area (TPSA) is 45.7 Å². The molecule has 21 heavy (non-hydrogen) atoms. The Bertz CT molecular complexity index is 424. The standard InChI is InChI=1S/C14H21F2N3O.HI/c1-3-17-14(19-6-7-20-2)18-5-4-11-8-12(15)10-13(16)9-11;/h8-10H,3-7H2,1-2H3,(H2,17,18,19);1H. The summed E-state index contributed by atoms with van der Waals surface area (Å²) in [6.07, 6.45) is 0.517. The van der Waals surface area contributed by atoms with E-state index in [0.29, 0.717) is 37.6 Å². The highest BCUT2D eigenvalue weighted by Gasteiger charge is 2.01. The van der Waals surface area contributed by atoms with Crippen molar-refractivity contribution in [3.8, 4) is 0 Å². The fraction of sp³-hybridized carbons (Fsp3) is 0.500. The smallest absolute Gasteiger partial charge is 0.191 e. The third-order valence-electron chi connectivity index (χ3n) is 2.54. The third kappa shape index (κ3) is 8.82.